The first kappa shape index (κ1) is 14.5. The minimum atomic E-state index is 0.533. The van der Waals surface area contributed by atoms with Crippen LogP contribution in [0.25, 0.3) is 6.08 Å². The van der Waals surface area contributed by atoms with E-state index in [1.807, 2.05) is 24.3 Å². The van der Waals surface area contributed by atoms with Crippen LogP contribution in [0.15, 0.2) is 36.4 Å². The normalized spacial score (nSPS) is 10.3. The number of hydrogen-bond acceptors (Lipinski definition) is 1. The van der Waals surface area contributed by atoms with Crippen LogP contribution >= 0.6 is 0 Å². The van der Waals surface area contributed by atoms with Gasteiger partial charge >= 0.3 is 0 Å². The first-order valence-corrected chi connectivity index (χ1v) is 6.68. The van der Waals surface area contributed by atoms with Crippen molar-refractivity contribution >= 4 is 6.08 Å². The first-order valence-electron chi connectivity index (χ1n) is 6.68. The molecule has 0 heterocycles. The fraction of sp³-hybridized carbons (Fsp3) is 0.412. The largest absolute Gasteiger partial charge is 0.365 e. The molecule has 0 aliphatic heterocycles. The Morgan fingerprint density at radius 1 is 1.11 bits per heavy atom. The highest BCUT2D eigenvalue weighted by molar-refractivity contribution is 5.48. The van der Waals surface area contributed by atoms with E-state index in [4.69, 9.17) is 4.74 Å². The maximum absolute atomic E-state index is 5.40. The Hall–Kier alpha value is -1.52. The molecule has 0 atom stereocenters. The van der Waals surface area contributed by atoms with Gasteiger partial charge in [0.25, 0.3) is 0 Å². The highest BCUT2D eigenvalue weighted by atomic mass is 16.5. The summed E-state index contributed by atoms with van der Waals surface area (Å²) in [6.07, 6.45) is 8.81. The second-order valence-electron chi connectivity index (χ2n) is 4.14. The Balaban J connectivity index is 2.03. The molecule has 0 fully saturated rings. The maximum Gasteiger partial charge on any atom is 0.108 e. The van der Waals surface area contributed by atoms with Gasteiger partial charge in [0, 0.05) is 6.42 Å². The molecule has 1 heteroatoms. The van der Waals surface area contributed by atoms with Crippen LogP contribution in [0.3, 0.4) is 0 Å². The topological polar surface area (TPSA) is 9.23 Å². The molecule has 0 aromatic heterocycles. The van der Waals surface area contributed by atoms with Gasteiger partial charge in [-0.2, -0.15) is 0 Å². The predicted molar refractivity (Wildman–Crippen MR) is 78.2 cm³/mol. The van der Waals surface area contributed by atoms with Crippen molar-refractivity contribution in [3.63, 3.8) is 0 Å². The molecule has 1 aromatic rings. The van der Waals surface area contributed by atoms with Gasteiger partial charge in [0.2, 0.25) is 0 Å². The van der Waals surface area contributed by atoms with Gasteiger partial charge in [0.1, 0.15) is 6.61 Å². The smallest absolute Gasteiger partial charge is 0.108 e. The summed E-state index contributed by atoms with van der Waals surface area (Å²) in [6.45, 7) is 3.36. The summed E-state index contributed by atoms with van der Waals surface area (Å²) in [5, 5.41) is 0. The monoisotopic (exact) mass is 242 g/mol. The number of hydrogen-bond donors (Lipinski definition) is 0. The van der Waals surface area contributed by atoms with Crippen LogP contribution in [0.1, 0.15) is 38.2 Å². The van der Waals surface area contributed by atoms with E-state index in [0.717, 1.165) is 6.42 Å². The molecule has 0 aliphatic carbocycles. The van der Waals surface area contributed by atoms with E-state index in [-0.39, 0.29) is 0 Å². The van der Waals surface area contributed by atoms with Gasteiger partial charge in [-0.1, -0.05) is 68.2 Å². The second kappa shape index (κ2) is 10.6. The lowest BCUT2D eigenvalue weighted by Gasteiger charge is -1.94. The van der Waals surface area contributed by atoms with Gasteiger partial charge in [-0.25, -0.2) is 0 Å². The molecule has 0 radical (unpaired) electrons. The van der Waals surface area contributed by atoms with E-state index >= 15 is 0 Å². The Bertz CT molecular complexity index is 381. The second-order valence-corrected chi connectivity index (χ2v) is 4.14. The van der Waals surface area contributed by atoms with Crippen molar-refractivity contribution in [2.45, 2.75) is 32.6 Å². The maximum atomic E-state index is 5.40. The Morgan fingerprint density at radius 3 is 2.72 bits per heavy atom. The van der Waals surface area contributed by atoms with Crippen molar-refractivity contribution in [1.29, 1.82) is 0 Å². The number of ether oxygens (including phenoxy) is 1. The van der Waals surface area contributed by atoms with Crippen LogP contribution in [-0.4, -0.2) is 13.2 Å². The summed E-state index contributed by atoms with van der Waals surface area (Å²) in [4.78, 5) is 0. The molecule has 0 saturated carbocycles. The summed E-state index contributed by atoms with van der Waals surface area (Å²) < 4.78 is 5.40. The van der Waals surface area contributed by atoms with Crippen molar-refractivity contribution in [2.75, 3.05) is 13.2 Å². The molecule has 0 aliphatic rings. The molecule has 1 nitrogen and oxygen atoms in total. The van der Waals surface area contributed by atoms with Gasteiger partial charge in [-0.3, -0.25) is 0 Å². The van der Waals surface area contributed by atoms with Crippen molar-refractivity contribution < 1.29 is 4.74 Å². The van der Waals surface area contributed by atoms with Gasteiger partial charge < -0.3 is 4.74 Å². The third kappa shape index (κ3) is 7.70. The molecule has 96 valence electrons. The first-order chi connectivity index (χ1) is 8.93. The van der Waals surface area contributed by atoms with Gasteiger partial charge in [-0.05, 0) is 12.0 Å². The minimum Gasteiger partial charge on any atom is -0.365 e. The summed E-state index contributed by atoms with van der Waals surface area (Å²) >= 11 is 0. The average Bonchev–Trinajstić information content (AvgIpc) is 2.42. The molecule has 0 amide bonds. The third-order valence-electron chi connectivity index (χ3n) is 2.53. The quantitative estimate of drug-likeness (QED) is 0.511. The van der Waals surface area contributed by atoms with Crippen LogP contribution in [0, 0.1) is 11.8 Å². The summed E-state index contributed by atoms with van der Waals surface area (Å²) in [7, 11) is 0. The van der Waals surface area contributed by atoms with Crippen molar-refractivity contribution in [2.24, 2.45) is 0 Å². The Morgan fingerprint density at radius 2 is 1.94 bits per heavy atom. The van der Waals surface area contributed by atoms with Gasteiger partial charge in [0.05, 0.1) is 6.61 Å². The fourth-order valence-corrected chi connectivity index (χ4v) is 1.53. The summed E-state index contributed by atoms with van der Waals surface area (Å²) in [5.41, 5.74) is 1.20. The molecule has 0 N–H and O–H groups in total. The lowest BCUT2D eigenvalue weighted by molar-refractivity contribution is 0.199. The SMILES string of the molecule is CCCCCC#CCOC/C=C/c1ccccc1. The number of unbranched alkanes of at least 4 members (excludes halogenated alkanes) is 3. The standard InChI is InChI=1S/C17H22O/c1-2-3-4-5-6-10-15-18-16-11-14-17-12-8-7-9-13-17/h7-9,11-14H,2-5,15-16H2,1H3/b14-11+. The van der Waals surface area contributed by atoms with Crippen LogP contribution in [0.2, 0.25) is 0 Å². The molecular formula is C17H22O. The highest BCUT2D eigenvalue weighted by Crippen LogP contribution is 2.00. The van der Waals surface area contributed by atoms with Crippen molar-refractivity contribution in [3.8, 4) is 11.8 Å². The molecular weight excluding hydrogens is 220 g/mol. The van der Waals surface area contributed by atoms with E-state index in [9.17, 15) is 0 Å². The number of benzene rings is 1. The van der Waals surface area contributed by atoms with Crippen molar-refractivity contribution in [1.82, 2.24) is 0 Å². The van der Waals surface area contributed by atoms with Crippen LogP contribution < -0.4 is 0 Å². The molecule has 1 aromatic carbocycles. The third-order valence-corrected chi connectivity index (χ3v) is 2.53. The van der Waals surface area contributed by atoms with Gasteiger partial charge in [0.15, 0.2) is 0 Å². The summed E-state index contributed by atoms with van der Waals surface area (Å²) in [5.74, 6) is 6.17. The van der Waals surface area contributed by atoms with E-state index < -0.39 is 0 Å². The zero-order valence-corrected chi connectivity index (χ0v) is 11.2. The fourth-order valence-electron chi connectivity index (χ4n) is 1.53. The van der Waals surface area contributed by atoms with Crippen LogP contribution in [0.4, 0.5) is 0 Å². The molecule has 0 spiro atoms. The Labute approximate surface area is 111 Å². The minimum absolute atomic E-state index is 0.533. The lowest BCUT2D eigenvalue weighted by Crippen LogP contribution is -1.90. The van der Waals surface area contributed by atoms with E-state index in [1.165, 1.54) is 24.8 Å². The predicted octanol–water partition coefficient (Wildman–Crippen LogP) is 4.30. The molecule has 0 bridgehead atoms. The molecule has 0 saturated heterocycles. The molecule has 0 unspecified atom stereocenters. The number of rotatable bonds is 7. The van der Waals surface area contributed by atoms with E-state index in [0.29, 0.717) is 13.2 Å². The van der Waals surface area contributed by atoms with E-state index in [1.54, 1.807) is 0 Å². The van der Waals surface area contributed by atoms with E-state index in [2.05, 4.69) is 37.0 Å². The Kier molecular flexibility index (Phi) is 8.58. The highest BCUT2D eigenvalue weighted by Gasteiger charge is 1.83. The average molecular weight is 242 g/mol. The lowest BCUT2D eigenvalue weighted by atomic mass is 10.2. The molecule has 18 heavy (non-hydrogen) atoms. The van der Waals surface area contributed by atoms with Crippen LogP contribution in [-0.2, 0) is 4.74 Å². The summed E-state index contributed by atoms with van der Waals surface area (Å²) in [6, 6.07) is 10.2. The zero-order valence-electron chi connectivity index (χ0n) is 11.2. The van der Waals surface area contributed by atoms with Crippen LogP contribution in [0.5, 0.6) is 0 Å². The van der Waals surface area contributed by atoms with Gasteiger partial charge in [-0.15, -0.1) is 5.92 Å². The molecule has 1 rings (SSSR count). The van der Waals surface area contributed by atoms with Crippen molar-refractivity contribution in [3.05, 3.63) is 42.0 Å². The zero-order chi connectivity index (χ0) is 12.9.